The Morgan fingerprint density at radius 3 is 2.67 bits per heavy atom. The average Bonchev–Trinajstić information content (AvgIpc) is 3.11. The van der Waals surface area contributed by atoms with Gasteiger partial charge in [-0.3, -0.25) is 0 Å². The fourth-order valence-electron chi connectivity index (χ4n) is 4.92. The first kappa shape index (κ1) is 15.8. The van der Waals surface area contributed by atoms with Gasteiger partial charge in [0.05, 0.1) is 11.7 Å². The van der Waals surface area contributed by atoms with Crippen LogP contribution in [0, 0.1) is 5.92 Å². The molecule has 21 heavy (non-hydrogen) atoms. The third-order valence-electron chi connectivity index (χ3n) is 6.12. The summed E-state index contributed by atoms with van der Waals surface area (Å²) in [6.45, 7) is 9.37. The second-order valence-electron chi connectivity index (χ2n) is 7.55. The average molecular weight is 294 g/mol. The smallest absolute Gasteiger partial charge is 0.0710 e. The van der Waals surface area contributed by atoms with Gasteiger partial charge < -0.3 is 15.0 Å². The van der Waals surface area contributed by atoms with Crippen molar-refractivity contribution in [1.29, 1.82) is 0 Å². The van der Waals surface area contributed by atoms with Gasteiger partial charge in [-0.2, -0.15) is 0 Å². The van der Waals surface area contributed by atoms with Gasteiger partial charge in [0.15, 0.2) is 0 Å². The van der Waals surface area contributed by atoms with Crippen LogP contribution in [0.2, 0.25) is 0 Å². The summed E-state index contributed by atoms with van der Waals surface area (Å²) in [7, 11) is 0. The highest BCUT2D eigenvalue weighted by Crippen LogP contribution is 2.43. The molecule has 122 valence electrons. The number of hydrogen-bond acceptors (Lipinski definition) is 3. The molecule has 0 amide bonds. The second-order valence-corrected chi connectivity index (χ2v) is 7.55. The normalized spacial score (nSPS) is 36.6. The van der Waals surface area contributed by atoms with E-state index in [0.717, 1.165) is 18.5 Å². The van der Waals surface area contributed by atoms with E-state index >= 15 is 0 Å². The highest BCUT2D eigenvalue weighted by atomic mass is 16.5. The van der Waals surface area contributed by atoms with Crippen LogP contribution in [0.4, 0.5) is 0 Å². The molecule has 3 rings (SSSR count). The van der Waals surface area contributed by atoms with E-state index in [1.165, 1.54) is 71.0 Å². The van der Waals surface area contributed by atoms with E-state index in [9.17, 15) is 0 Å². The number of ether oxygens (including phenoxy) is 1. The zero-order chi connectivity index (χ0) is 14.7. The minimum absolute atomic E-state index is 0.302. The standard InChI is InChI=1S/C18H34N2O/c1-3-15-13-20(12-8-17(15)19-4-2)14-16-7-11-18(21-16)9-5-6-10-18/h15-17,19H,3-14H2,1-2H3. The summed E-state index contributed by atoms with van der Waals surface area (Å²) >= 11 is 0. The summed E-state index contributed by atoms with van der Waals surface area (Å²) < 4.78 is 6.50. The molecule has 3 heteroatoms. The molecular formula is C18H34N2O. The van der Waals surface area contributed by atoms with Gasteiger partial charge in [0.25, 0.3) is 0 Å². The molecule has 2 heterocycles. The Kier molecular flexibility index (Phi) is 5.23. The van der Waals surface area contributed by atoms with Crippen LogP contribution < -0.4 is 5.32 Å². The Bertz CT molecular complexity index is 327. The molecule has 0 aromatic carbocycles. The van der Waals surface area contributed by atoms with Crippen molar-refractivity contribution < 1.29 is 4.74 Å². The quantitative estimate of drug-likeness (QED) is 0.843. The van der Waals surface area contributed by atoms with Crippen molar-refractivity contribution in [3.8, 4) is 0 Å². The molecular weight excluding hydrogens is 260 g/mol. The van der Waals surface area contributed by atoms with E-state index in [1.807, 2.05) is 0 Å². The summed E-state index contributed by atoms with van der Waals surface area (Å²) in [5, 5.41) is 3.68. The second kappa shape index (κ2) is 6.97. The van der Waals surface area contributed by atoms with Crippen molar-refractivity contribution in [3.05, 3.63) is 0 Å². The van der Waals surface area contributed by atoms with E-state index in [-0.39, 0.29) is 0 Å². The summed E-state index contributed by atoms with van der Waals surface area (Å²) in [4.78, 5) is 2.68. The van der Waals surface area contributed by atoms with Gasteiger partial charge in [-0.1, -0.05) is 33.1 Å². The van der Waals surface area contributed by atoms with Crippen molar-refractivity contribution in [1.82, 2.24) is 10.2 Å². The van der Waals surface area contributed by atoms with Gasteiger partial charge in [0, 0.05) is 19.1 Å². The molecule has 1 saturated carbocycles. The van der Waals surface area contributed by atoms with Crippen molar-refractivity contribution in [2.75, 3.05) is 26.2 Å². The maximum atomic E-state index is 6.50. The van der Waals surface area contributed by atoms with Crippen LogP contribution in [0.15, 0.2) is 0 Å². The predicted molar refractivity (Wildman–Crippen MR) is 87.6 cm³/mol. The number of hydrogen-bond donors (Lipinski definition) is 1. The lowest BCUT2D eigenvalue weighted by molar-refractivity contribution is -0.0518. The first-order valence-electron chi connectivity index (χ1n) is 9.38. The number of rotatable bonds is 5. The van der Waals surface area contributed by atoms with Crippen LogP contribution in [0.1, 0.15) is 65.2 Å². The molecule has 0 aromatic heterocycles. The summed E-state index contributed by atoms with van der Waals surface area (Å²) in [6.07, 6.45) is 11.2. The zero-order valence-corrected chi connectivity index (χ0v) is 14.1. The monoisotopic (exact) mass is 294 g/mol. The Morgan fingerprint density at radius 2 is 1.95 bits per heavy atom. The van der Waals surface area contributed by atoms with Crippen LogP contribution >= 0.6 is 0 Å². The predicted octanol–water partition coefficient (Wildman–Crippen LogP) is 3.19. The summed E-state index contributed by atoms with van der Waals surface area (Å²) in [6, 6.07) is 0.738. The Labute approximate surface area is 130 Å². The van der Waals surface area contributed by atoms with Gasteiger partial charge in [-0.25, -0.2) is 0 Å². The molecule has 3 atom stereocenters. The highest BCUT2D eigenvalue weighted by Gasteiger charge is 2.42. The fourth-order valence-corrected chi connectivity index (χ4v) is 4.92. The molecule has 3 nitrogen and oxygen atoms in total. The van der Waals surface area contributed by atoms with E-state index < -0.39 is 0 Å². The summed E-state index contributed by atoms with van der Waals surface area (Å²) in [5.41, 5.74) is 0.302. The first-order valence-corrected chi connectivity index (χ1v) is 9.38. The van der Waals surface area contributed by atoms with Crippen LogP contribution in [0.5, 0.6) is 0 Å². The molecule has 3 unspecified atom stereocenters. The van der Waals surface area contributed by atoms with Gasteiger partial charge in [-0.15, -0.1) is 0 Å². The molecule has 1 spiro atoms. The maximum Gasteiger partial charge on any atom is 0.0710 e. The van der Waals surface area contributed by atoms with E-state index in [1.54, 1.807) is 0 Å². The lowest BCUT2D eigenvalue weighted by Crippen LogP contribution is -2.50. The number of piperidine rings is 1. The van der Waals surface area contributed by atoms with E-state index in [2.05, 4.69) is 24.1 Å². The Morgan fingerprint density at radius 1 is 1.14 bits per heavy atom. The third-order valence-corrected chi connectivity index (χ3v) is 6.12. The SMILES string of the molecule is CCNC1CCN(CC2CCC3(CCCC3)O2)CC1CC. The van der Waals surface area contributed by atoms with Crippen LogP contribution in [0.3, 0.4) is 0 Å². The minimum Gasteiger partial charge on any atom is -0.370 e. The maximum absolute atomic E-state index is 6.50. The van der Waals surface area contributed by atoms with Gasteiger partial charge in [-0.05, 0) is 51.1 Å². The van der Waals surface area contributed by atoms with Crippen molar-refractivity contribution in [3.63, 3.8) is 0 Å². The van der Waals surface area contributed by atoms with Gasteiger partial charge in [0.1, 0.15) is 0 Å². The van der Waals surface area contributed by atoms with Crippen LogP contribution in [-0.4, -0.2) is 48.8 Å². The van der Waals surface area contributed by atoms with Gasteiger partial charge in [0.2, 0.25) is 0 Å². The molecule has 1 N–H and O–H groups in total. The lowest BCUT2D eigenvalue weighted by atomic mass is 9.89. The fraction of sp³-hybridized carbons (Fsp3) is 1.00. The highest BCUT2D eigenvalue weighted by molar-refractivity contribution is 4.94. The Balaban J connectivity index is 1.48. The zero-order valence-electron chi connectivity index (χ0n) is 14.1. The molecule has 2 saturated heterocycles. The number of nitrogens with zero attached hydrogens (tertiary/aromatic N) is 1. The van der Waals surface area contributed by atoms with E-state index in [0.29, 0.717) is 11.7 Å². The molecule has 1 aliphatic carbocycles. The molecule has 3 aliphatic rings. The summed E-state index contributed by atoms with van der Waals surface area (Å²) in [5.74, 6) is 0.820. The van der Waals surface area contributed by atoms with Crippen molar-refractivity contribution in [2.45, 2.75) is 83.0 Å². The third kappa shape index (κ3) is 3.62. The van der Waals surface area contributed by atoms with Crippen LogP contribution in [-0.2, 0) is 4.74 Å². The largest absolute Gasteiger partial charge is 0.370 e. The van der Waals surface area contributed by atoms with Gasteiger partial charge >= 0.3 is 0 Å². The molecule has 0 bridgehead atoms. The van der Waals surface area contributed by atoms with Crippen molar-refractivity contribution >= 4 is 0 Å². The number of nitrogens with one attached hydrogen (secondary N) is 1. The lowest BCUT2D eigenvalue weighted by Gasteiger charge is -2.39. The topological polar surface area (TPSA) is 24.5 Å². The molecule has 3 fully saturated rings. The first-order chi connectivity index (χ1) is 10.2. The van der Waals surface area contributed by atoms with E-state index in [4.69, 9.17) is 4.74 Å². The van der Waals surface area contributed by atoms with Crippen molar-refractivity contribution in [2.24, 2.45) is 5.92 Å². The van der Waals surface area contributed by atoms with Crippen LogP contribution in [0.25, 0.3) is 0 Å². The molecule has 2 aliphatic heterocycles. The molecule has 0 radical (unpaired) electrons. The minimum atomic E-state index is 0.302. The number of likely N-dealkylation sites (tertiary alicyclic amines) is 1. The molecule has 0 aromatic rings. The Hall–Kier alpha value is -0.120.